The van der Waals surface area contributed by atoms with Crippen LogP contribution in [0.15, 0.2) is 12.2 Å². The van der Waals surface area contributed by atoms with Gasteiger partial charge in [0.2, 0.25) is 0 Å². The van der Waals surface area contributed by atoms with Gasteiger partial charge in [-0.15, -0.1) is 0 Å². The molecule has 1 saturated heterocycles. The molecule has 1 aliphatic heterocycles. The number of likely N-dealkylation sites (N-methyl/N-ethyl adjacent to an activating group) is 1. The zero-order valence-corrected chi connectivity index (χ0v) is 6.80. The van der Waals surface area contributed by atoms with Crippen LogP contribution in [0.2, 0.25) is 0 Å². The van der Waals surface area contributed by atoms with Gasteiger partial charge in [-0.3, -0.25) is 4.90 Å². The summed E-state index contributed by atoms with van der Waals surface area (Å²) in [6.45, 7) is 5.47. The van der Waals surface area contributed by atoms with Gasteiger partial charge in [0.25, 0.3) is 0 Å². The summed E-state index contributed by atoms with van der Waals surface area (Å²) >= 11 is 0. The van der Waals surface area contributed by atoms with Crippen LogP contribution in [0.25, 0.3) is 0 Å². The maximum absolute atomic E-state index is 3.25. The lowest BCUT2D eigenvalue weighted by atomic mass is 10.1. The Morgan fingerprint density at radius 2 is 2.30 bits per heavy atom. The highest BCUT2D eigenvalue weighted by atomic mass is 15.2. The maximum atomic E-state index is 3.25. The van der Waals surface area contributed by atoms with E-state index in [2.05, 4.69) is 36.3 Å². The zero-order valence-electron chi connectivity index (χ0n) is 6.80. The fourth-order valence-corrected chi connectivity index (χ4v) is 1.01. The summed E-state index contributed by atoms with van der Waals surface area (Å²) in [7, 11) is 2.17. The molecule has 0 bridgehead atoms. The number of nitrogens with one attached hydrogen (secondary N) is 1. The van der Waals surface area contributed by atoms with E-state index in [1.165, 1.54) is 0 Å². The molecule has 0 aliphatic carbocycles. The van der Waals surface area contributed by atoms with Gasteiger partial charge >= 0.3 is 0 Å². The minimum Gasteiger partial charge on any atom is -0.314 e. The maximum Gasteiger partial charge on any atom is 0.0345 e. The average Bonchev–Trinajstić information content (AvgIpc) is 1.79. The minimum atomic E-state index is 0.774. The van der Waals surface area contributed by atoms with Crippen LogP contribution in [0.4, 0.5) is 0 Å². The van der Waals surface area contributed by atoms with Crippen molar-refractivity contribution in [2.75, 3.05) is 26.7 Å². The van der Waals surface area contributed by atoms with Crippen LogP contribution in [0.5, 0.6) is 0 Å². The van der Waals surface area contributed by atoms with Crippen molar-refractivity contribution in [1.29, 1.82) is 0 Å². The van der Waals surface area contributed by atoms with E-state index in [1.807, 2.05) is 0 Å². The summed E-state index contributed by atoms with van der Waals surface area (Å²) in [6.07, 6.45) is 4.29. The van der Waals surface area contributed by atoms with E-state index in [1.54, 1.807) is 0 Å². The standard InChI is InChI=1S/C8H16N2/c1-3-4-5-10(2)8-6-9-7-8/h3-4,8-9H,5-7H2,1-2H3. The fourth-order valence-electron chi connectivity index (χ4n) is 1.01. The van der Waals surface area contributed by atoms with E-state index >= 15 is 0 Å². The first kappa shape index (κ1) is 7.76. The van der Waals surface area contributed by atoms with Crippen LogP contribution in [0.3, 0.4) is 0 Å². The molecule has 0 spiro atoms. The van der Waals surface area contributed by atoms with Gasteiger partial charge in [0.15, 0.2) is 0 Å². The van der Waals surface area contributed by atoms with Gasteiger partial charge in [-0.2, -0.15) is 0 Å². The van der Waals surface area contributed by atoms with E-state index in [0.717, 1.165) is 25.7 Å². The van der Waals surface area contributed by atoms with Crippen molar-refractivity contribution in [3.63, 3.8) is 0 Å². The van der Waals surface area contributed by atoms with Crippen LogP contribution < -0.4 is 5.32 Å². The third-order valence-corrected chi connectivity index (χ3v) is 2.01. The monoisotopic (exact) mass is 140 g/mol. The summed E-state index contributed by atoms with van der Waals surface area (Å²) in [5.41, 5.74) is 0. The molecule has 2 nitrogen and oxygen atoms in total. The number of allylic oxidation sites excluding steroid dienone is 1. The Hall–Kier alpha value is -0.340. The summed E-state index contributed by atoms with van der Waals surface area (Å²) < 4.78 is 0. The van der Waals surface area contributed by atoms with Crippen molar-refractivity contribution < 1.29 is 0 Å². The number of hydrogen-bond acceptors (Lipinski definition) is 2. The molecular weight excluding hydrogens is 124 g/mol. The molecule has 0 aromatic carbocycles. The molecule has 1 rings (SSSR count). The minimum absolute atomic E-state index is 0.774. The lowest BCUT2D eigenvalue weighted by molar-refractivity contribution is 0.197. The molecular formula is C8H16N2. The SMILES string of the molecule is CC=CCN(C)C1CNC1. The topological polar surface area (TPSA) is 15.3 Å². The van der Waals surface area contributed by atoms with Crippen LogP contribution >= 0.6 is 0 Å². The number of rotatable bonds is 3. The predicted molar refractivity (Wildman–Crippen MR) is 44.1 cm³/mol. The largest absolute Gasteiger partial charge is 0.314 e. The first-order chi connectivity index (χ1) is 4.84. The Bertz CT molecular complexity index is 116. The Labute approximate surface area is 62.9 Å². The molecule has 0 unspecified atom stereocenters. The molecule has 1 fully saturated rings. The van der Waals surface area contributed by atoms with Crippen molar-refractivity contribution >= 4 is 0 Å². The van der Waals surface area contributed by atoms with Gasteiger partial charge in [0, 0.05) is 25.7 Å². The molecule has 0 amide bonds. The van der Waals surface area contributed by atoms with Gasteiger partial charge in [-0.1, -0.05) is 12.2 Å². The number of nitrogens with zero attached hydrogens (tertiary/aromatic N) is 1. The van der Waals surface area contributed by atoms with E-state index in [0.29, 0.717) is 0 Å². The molecule has 58 valence electrons. The van der Waals surface area contributed by atoms with Crippen molar-refractivity contribution in [3.05, 3.63) is 12.2 Å². The third-order valence-electron chi connectivity index (χ3n) is 2.01. The van der Waals surface area contributed by atoms with Gasteiger partial charge < -0.3 is 5.32 Å². The first-order valence-corrected chi connectivity index (χ1v) is 3.86. The second-order valence-corrected chi connectivity index (χ2v) is 2.82. The zero-order chi connectivity index (χ0) is 7.40. The van der Waals surface area contributed by atoms with Crippen LogP contribution in [0.1, 0.15) is 6.92 Å². The summed E-state index contributed by atoms with van der Waals surface area (Å²) in [6, 6.07) is 0.774. The van der Waals surface area contributed by atoms with Gasteiger partial charge in [-0.05, 0) is 14.0 Å². The molecule has 0 aromatic rings. The van der Waals surface area contributed by atoms with Gasteiger partial charge in [-0.25, -0.2) is 0 Å². The predicted octanol–water partition coefficient (Wildman–Crippen LogP) is 0.466. The molecule has 0 radical (unpaired) electrons. The average molecular weight is 140 g/mol. The molecule has 0 saturated carbocycles. The van der Waals surface area contributed by atoms with E-state index in [4.69, 9.17) is 0 Å². The van der Waals surface area contributed by atoms with Crippen LogP contribution in [-0.2, 0) is 0 Å². The summed E-state index contributed by atoms with van der Waals surface area (Å²) in [5.74, 6) is 0. The molecule has 0 aromatic heterocycles. The van der Waals surface area contributed by atoms with Crippen LogP contribution in [-0.4, -0.2) is 37.6 Å². The fraction of sp³-hybridized carbons (Fsp3) is 0.750. The Balaban J connectivity index is 2.13. The van der Waals surface area contributed by atoms with E-state index in [9.17, 15) is 0 Å². The van der Waals surface area contributed by atoms with Gasteiger partial charge in [0.1, 0.15) is 0 Å². The van der Waals surface area contributed by atoms with Crippen molar-refractivity contribution in [3.8, 4) is 0 Å². The van der Waals surface area contributed by atoms with E-state index in [-0.39, 0.29) is 0 Å². The highest BCUT2D eigenvalue weighted by Gasteiger charge is 2.19. The Kier molecular flexibility index (Phi) is 2.90. The quantitative estimate of drug-likeness (QED) is 0.573. The van der Waals surface area contributed by atoms with Crippen molar-refractivity contribution in [1.82, 2.24) is 10.2 Å². The normalized spacial score (nSPS) is 20.3. The second kappa shape index (κ2) is 3.74. The summed E-state index contributed by atoms with van der Waals surface area (Å²) in [4.78, 5) is 2.37. The molecule has 1 N–H and O–H groups in total. The highest BCUT2D eigenvalue weighted by molar-refractivity contribution is 4.88. The Morgan fingerprint density at radius 3 is 2.70 bits per heavy atom. The second-order valence-electron chi connectivity index (χ2n) is 2.82. The molecule has 0 atom stereocenters. The lowest BCUT2D eigenvalue weighted by Gasteiger charge is -2.34. The smallest absolute Gasteiger partial charge is 0.0345 e. The molecule has 1 heterocycles. The molecule has 10 heavy (non-hydrogen) atoms. The Morgan fingerprint density at radius 1 is 1.60 bits per heavy atom. The van der Waals surface area contributed by atoms with Crippen molar-refractivity contribution in [2.24, 2.45) is 0 Å². The first-order valence-electron chi connectivity index (χ1n) is 3.86. The lowest BCUT2D eigenvalue weighted by Crippen LogP contribution is -2.55. The number of hydrogen-bond donors (Lipinski definition) is 1. The van der Waals surface area contributed by atoms with Crippen LogP contribution in [0, 0.1) is 0 Å². The molecule has 2 heteroatoms. The molecule has 1 aliphatic rings. The summed E-state index contributed by atoms with van der Waals surface area (Å²) in [5, 5.41) is 3.25. The third kappa shape index (κ3) is 1.82. The highest BCUT2D eigenvalue weighted by Crippen LogP contribution is 2.00. The van der Waals surface area contributed by atoms with Crippen molar-refractivity contribution in [2.45, 2.75) is 13.0 Å². The van der Waals surface area contributed by atoms with Gasteiger partial charge in [0.05, 0.1) is 0 Å². The van der Waals surface area contributed by atoms with E-state index < -0.39 is 0 Å².